The molecule has 1 N–H and O–H groups in total. The fourth-order valence-electron chi connectivity index (χ4n) is 2.91. The lowest BCUT2D eigenvalue weighted by atomic mass is 10.1. The Hall–Kier alpha value is -2.36. The van der Waals surface area contributed by atoms with Crippen molar-refractivity contribution < 1.29 is 13.2 Å². The summed E-state index contributed by atoms with van der Waals surface area (Å²) in [4.78, 5) is 0.197. The summed E-state index contributed by atoms with van der Waals surface area (Å²) in [6.45, 7) is 0.137. The van der Waals surface area contributed by atoms with E-state index in [4.69, 9.17) is 10.00 Å². The van der Waals surface area contributed by atoms with E-state index in [9.17, 15) is 8.42 Å². The molecule has 0 aliphatic heterocycles. The molecule has 1 saturated carbocycles. The zero-order valence-electron chi connectivity index (χ0n) is 13.8. The summed E-state index contributed by atoms with van der Waals surface area (Å²) < 4.78 is 33.2. The topological polar surface area (TPSA) is 79.2 Å². The van der Waals surface area contributed by atoms with Crippen molar-refractivity contribution in [3.05, 3.63) is 59.7 Å². The van der Waals surface area contributed by atoms with Gasteiger partial charge in [-0.1, -0.05) is 12.1 Å². The molecule has 2 aromatic rings. The molecule has 2 aromatic carbocycles. The van der Waals surface area contributed by atoms with Crippen molar-refractivity contribution in [2.24, 2.45) is 0 Å². The van der Waals surface area contributed by atoms with Crippen LogP contribution in [0.15, 0.2) is 53.4 Å². The molecular weight excluding hydrogens is 336 g/mol. The Morgan fingerprint density at radius 1 is 1.12 bits per heavy atom. The number of sulfonamides is 1. The van der Waals surface area contributed by atoms with E-state index in [-0.39, 0.29) is 17.5 Å². The van der Waals surface area contributed by atoms with Crippen molar-refractivity contribution in [3.8, 4) is 11.8 Å². The van der Waals surface area contributed by atoms with Crippen LogP contribution >= 0.6 is 0 Å². The molecule has 0 spiro atoms. The Labute approximate surface area is 148 Å². The van der Waals surface area contributed by atoms with Gasteiger partial charge in [0.2, 0.25) is 10.0 Å². The highest BCUT2D eigenvalue weighted by atomic mass is 32.2. The molecule has 3 rings (SSSR count). The number of nitrogens with one attached hydrogen (secondary N) is 1. The molecule has 1 aliphatic rings. The van der Waals surface area contributed by atoms with Crippen molar-refractivity contribution in [1.82, 2.24) is 4.72 Å². The number of hydrogen-bond donors (Lipinski definition) is 1. The maximum atomic E-state index is 12.4. The Morgan fingerprint density at radius 2 is 1.84 bits per heavy atom. The van der Waals surface area contributed by atoms with E-state index in [0.29, 0.717) is 11.3 Å². The lowest BCUT2D eigenvalue weighted by Crippen LogP contribution is -2.23. The van der Waals surface area contributed by atoms with Crippen molar-refractivity contribution >= 4 is 10.0 Å². The highest BCUT2D eigenvalue weighted by molar-refractivity contribution is 7.89. The summed E-state index contributed by atoms with van der Waals surface area (Å²) in [5, 5.41) is 8.90. The first-order chi connectivity index (χ1) is 12.1. The molecule has 0 heterocycles. The van der Waals surface area contributed by atoms with Gasteiger partial charge in [0.15, 0.2) is 0 Å². The SMILES string of the molecule is N#Cc1cccc(CNS(=O)(=O)c2ccc(OC3CCCC3)cc2)c1. The molecule has 0 radical (unpaired) electrons. The third-order valence-electron chi connectivity index (χ3n) is 4.26. The first-order valence-electron chi connectivity index (χ1n) is 8.32. The predicted molar refractivity (Wildman–Crippen MR) is 94.5 cm³/mol. The standard InChI is InChI=1S/C19H20N2O3S/c20-13-15-4-3-5-16(12-15)14-21-25(22,23)19-10-8-18(9-11-19)24-17-6-1-2-7-17/h3-5,8-12,17,21H,1-2,6-7,14H2. The molecule has 0 amide bonds. The van der Waals surface area contributed by atoms with Gasteiger partial charge in [-0.3, -0.25) is 0 Å². The third kappa shape index (κ3) is 4.59. The first-order valence-corrected chi connectivity index (χ1v) is 9.80. The summed E-state index contributed by atoms with van der Waals surface area (Å²) in [7, 11) is -3.61. The maximum Gasteiger partial charge on any atom is 0.240 e. The second kappa shape index (κ2) is 7.68. The molecule has 5 nitrogen and oxygen atoms in total. The second-order valence-electron chi connectivity index (χ2n) is 6.13. The van der Waals surface area contributed by atoms with Crippen LogP contribution in [0.4, 0.5) is 0 Å². The first kappa shape index (κ1) is 17.5. The average Bonchev–Trinajstić information content (AvgIpc) is 3.14. The number of rotatable bonds is 6. The van der Waals surface area contributed by atoms with Crippen LogP contribution in [0.25, 0.3) is 0 Å². The summed E-state index contributed by atoms with van der Waals surface area (Å²) in [6.07, 6.45) is 4.74. The Bertz CT molecular complexity index is 864. The fraction of sp³-hybridized carbons (Fsp3) is 0.316. The average molecular weight is 356 g/mol. The molecule has 1 fully saturated rings. The van der Waals surface area contributed by atoms with Crippen LogP contribution in [0.3, 0.4) is 0 Å². The van der Waals surface area contributed by atoms with Gasteiger partial charge in [0.1, 0.15) is 5.75 Å². The minimum atomic E-state index is -3.61. The van der Waals surface area contributed by atoms with Gasteiger partial charge >= 0.3 is 0 Å². The summed E-state index contributed by atoms with van der Waals surface area (Å²) in [5.41, 5.74) is 1.24. The van der Waals surface area contributed by atoms with E-state index in [1.54, 1.807) is 48.5 Å². The second-order valence-corrected chi connectivity index (χ2v) is 7.90. The molecule has 0 bridgehead atoms. The number of nitrogens with zero attached hydrogens (tertiary/aromatic N) is 1. The number of nitriles is 1. The van der Waals surface area contributed by atoms with Gasteiger partial charge < -0.3 is 4.74 Å². The van der Waals surface area contributed by atoms with Crippen LogP contribution in [0.1, 0.15) is 36.8 Å². The van der Waals surface area contributed by atoms with Crippen LogP contribution in [0.2, 0.25) is 0 Å². The molecule has 1 aliphatic carbocycles. The van der Waals surface area contributed by atoms with E-state index >= 15 is 0 Å². The van der Waals surface area contributed by atoms with Gasteiger partial charge in [-0.05, 0) is 67.6 Å². The van der Waals surface area contributed by atoms with Crippen LogP contribution in [-0.2, 0) is 16.6 Å². The van der Waals surface area contributed by atoms with Gasteiger partial charge in [0.05, 0.1) is 22.6 Å². The Kier molecular flexibility index (Phi) is 5.37. The van der Waals surface area contributed by atoms with E-state index < -0.39 is 10.0 Å². The van der Waals surface area contributed by atoms with Crippen LogP contribution < -0.4 is 9.46 Å². The third-order valence-corrected chi connectivity index (χ3v) is 5.68. The van der Waals surface area contributed by atoms with E-state index in [1.165, 1.54) is 12.8 Å². The smallest absolute Gasteiger partial charge is 0.240 e. The number of ether oxygens (including phenoxy) is 1. The Morgan fingerprint density at radius 3 is 2.52 bits per heavy atom. The van der Waals surface area contributed by atoms with E-state index in [1.807, 2.05) is 6.07 Å². The summed E-state index contributed by atoms with van der Waals surface area (Å²) in [6, 6.07) is 15.4. The predicted octanol–water partition coefficient (Wildman–Crippen LogP) is 3.36. The van der Waals surface area contributed by atoms with E-state index in [0.717, 1.165) is 18.4 Å². The molecule has 0 saturated heterocycles. The van der Waals surface area contributed by atoms with Crippen LogP contribution in [0, 0.1) is 11.3 Å². The van der Waals surface area contributed by atoms with Crippen molar-refractivity contribution in [2.75, 3.05) is 0 Å². The maximum absolute atomic E-state index is 12.4. The molecule has 6 heteroatoms. The quantitative estimate of drug-likeness (QED) is 0.861. The van der Waals surface area contributed by atoms with Gasteiger partial charge in [-0.25, -0.2) is 13.1 Å². The minimum absolute atomic E-state index is 0.137. The van der Waals surface area contributed by atoms with Crippen molar-refractivity contribution in [3.63, 3.8) is 0 Å². The van der Waals surface area contributed by atoms with Gasteiger partial charge in [0.25, 0.3) is 0 Å². The fourth-order valence-corrected chi connectivity index (χ4v) is 3.93. The monoisotopic (exact) mass is 356 g/mol. The van der Waals surface area contributed by atoms with Gasteiger partial charge in [0, 0.05) is 6.54 Å². The molecule has 25 heavy (non-hydrogen) atoms. The lowest BCUT2D eigenvalue weighted by molar-refractivity contribution is 0.210. The molecule has 130 valence electrons. The zero-order chi connectivity index (χ0) is 17.7. The normalized spacial score (nSPS) is 15.0. The number of benzene rings is 2. The minimum Gasteiger partial charge on any atom is -0.490 e. The van der Waals surface area contributed by atoms with Crippen LogP contribution in [0.5, 0.6) is 5.75 Å². The largest absolute Gasteiger partial charge is 0.490 e. The molecule has 0 aromatic heterocycles. The van der Waals surface area contributed by atoms with Crippen molar-refractivity contribution in [1.29, 1.82) is 5.26 Å². The Balaban J connectivity index is 1.64. The molecule has 0 atom stereocenters. The zero-order valence-corrected chi connectivity index (χ0v) is 14.6. The van der Waals surface area contributed by atoms with Crippen molar-refractivity contribution in [2.45, 2.75) is 43.2 Å². The van der Waals surface area contributed by atoms with E-state index in [2.05, 4.69) is 4.72 Å². The number of hydrogen-bond acceptors (Lipinski definition) is 4. The highest BCUT2D eigenvalue weighted by Gasteiger charge is 2.18. The highest BCUT2D eigenvalue weighted by Crippen LogP contribution is 2.25. The molecule has 0 unspecified atom stereocenters. The lowest BCUT2D eigenvalue weighted by Gasteiger charge is -2.13. The van der Waals surface area contributed by atoms with Crippen LogP contribution in [-0.4, -0.2) is 14.5 Å². The van der Waals surface area contributed by atoms with Gasteiger partial charge in [-0.2, -0.15) is 5.26 Å². The summed E-state index contributed by atoms with van der Waals surface area (Å²) in [5.74, 6) is 0.701. The summed E-state index contributed by atoms with van der Waals surface area (Å²) >= 11 is 0. The van der Waals surface area contributed by atoms with Gasteiger partial charge in [-0.15, -0.1) is 0 Å². The molecular formula is C19H20N2O3S.